The molecule has 1 aliphatic carbocycles. The summed E-state index contributed by atoms with van der Waals surface area (Å²) in [5, 5.41) is 3.41. The van der Waals surface area contributed by atoms with Gasteiger partial charge in [0.15, 0.2) is 0 Å². The van der Waals surface area contributed by atoms with E-state index in [2.05, 4.69) is 212 Å². The highest BCUT2D eigenvalue weighted by Gasteiger charge is 2.33. The number of nitrogens with one attached hydrogen (secondary N) is 1. The minimum absolute atomic E-state index is 0.385. The minimum Gasteiger partial charge on any atom is -0.405 e. The zero-order valence-electron chi connectivity index (χ0n) is 41.1. The summed E-state index contributed by atoms with van der Waals surface area (Å²) in [5.74, 6) is 0. The quantitative estimate of drug-likeness (QED) is 0.104. The summed E-state index contributed by atoms with van der Waals surface area (Å²) >= 11 is 0. The van der Waals surface area contributed by atoms with Crippen LogP contribution in [0.2, 0.25) is 0 Å². The molecular weight excluding hydrogens is 713 g/mol. The maximum absolute atomic E-state index is 5.21. The molecular formula is C57H90N2. The summed E-state index contributed by atoms with van der Waals surface area (Å²) in [6, 6.07) is 0. The van der Waals surface area contributed by atoms with E-state index in [1.54, 1.807) is 6.20 Å². The van der Waals surface area contributed by atoms with Crippen molar-refractivity contribution in [1.29, 1.82) is 0 Å². The second-order valence-corrected chi connectivity index (χ2v) is 14.5. The number of hydrogen-bond donors (Lipinski definition) is 2. The van der Waals surface area contributed by atoms with Crippen molar-refractivity contribution < 1.29 is 0 Å². The molecule has 2 heteroatoms. The molecule has 2 aliphatic rings. The Kier molecular flexibility index (Phi) is 42.8. The van der Waals surface area contributed by atoms with E-state index in [4.69, 9.17) is 5.73 Å². The van der Waals surface area contributed by atoms with Gasteiger partial charge in [-0.05, 0) is 149 Å². The Hall–Kier alpha value is -4.74. The van der Waals surface area contributed by atoms with E-state index in [1.165, 1.54) is 63.1 Å². The Morgan fingerprint density at radius 2 is 1.46 bits per heavy atom. The average molecular weight is 803 g/mol. The number of hydrogen-bond acceptors (Lipinski definition) is 2. The average Bonchev–Trinajstić information content (AvgIpc) is 3.87. The predicted molar refractivity (Wildman–Crippen MR) is 275 cm³/mol. The molecule has 0 amide bonds. The molecule has 59 heavy (non-hydrogen) atoms. The van der Waals surface area contributed by atoms with Crippen LogP contribution in [0.15, 0.2) is 178 Å². The van der Waals surface area contributed by atoms with Crippen LogP contribution in [0.1, 0.15) is 162 Å². The molecule has 0 aromatic heterocycles. The first-order chi connectivity index (χ1) is 28.2. The summed E-state index contributed by atoms with van der Waals surface area (Å²) in [6.45, 7) is 38.0. The third-order valence-corrected chi connectivity index (χ3v) is 9.61. The molecule has 1 unspecified atom stereocenters. The second kappa shape index (κ2) is 41.4. The number of nitrogens with two attached hydrogens (primary N) is 1. The van der Waals surface area contributed by atoms with Crippen LogP contribution in [-0.2, 0) is 0 Å². The van der Waals surface area contributed by atoms with Gasteiger partial charge < -0.3 is 11.1 Å². The Morgan fingerprint density at radius 3 is 1.97 bits per heavy atom. The third-order valence-electron chi connectivity index (χ3n) is 9.61. The molecule has 0 radical (unpaired) electrons. The highest BCUT2D eigenvalue weighted by Crippen LogP contribution is 2.46. The van der Waals surface area contributed by atoms with E-state index in [-0.39, 0.29) is 0 Å². The van der Waals surface area contributed by atoms with Crippen LogP contribution in [-0.4, -0.2) is 0 Å². The smallest absolute Gasteiger partial charge is 0.0413 e. The summed E-state index contributed by atoms with van der Waals surface area (Å²) in [5.41, 5.74) is 18.7. The first-order valence-electron chi connectivity index (χ1n) is 22.0. The van der Waals surface area contributed by atoms with Gasteiger partial charge in [0.25, 0.3) is 0 Å². The van der Waals surface area contributed by atoms with Crippen molar-refractivity contribution in [2.24, 2.45) is 11.1 Å². The largest absolute Gasteiger partial charge is 0.405 e. The van der Waals surface area contributed by atoms with E-state index in [0.29, 0.717) is 5.41 Å². The molecule has 0 saturated carbocycles. The molecule has 0 fully saturated rings. The van der Waals surface area contributed by atoms with Crippen molar-refractivity contribution in [1.82, 2.24) is 5.32 Å². The zero-order valence-corrected chi connectivity index (χ0v) is 41.1. The van der Waals surface area contributed by atoms with Gasteiger partial charge in [-0.15, -0.1) is 12.8 Å². The van der Waals surface area contributed by atoms with Gasteiger partial charge in [-0.25, -0.2) is 0 Å². The van der Waals surface area contributed by atoms with Crippen molar-refractivity contribution in [2.75, 3.05) is 0 Å². The normalized spacial score (nSPS) is 20.0. The highest BCUT2D eigenvalue weighted by molar-refractivity contribution is 5.38. The van der Waals surface area contributed by atoms with Gasteiger partial charge in [0, 0.05) is 16.8 Å². The molecule has 0 aromatic carbocycles. The number of rotatable bonds is 14. The molecule has 0 spiro atoms. The van der Waals surface area contributed by atoms with Crippen LogP contribution >= 0.6 is 0 Å². The van der Waals surface area contributed by atoms with Gasteiger partial charge in [-0.1, -0.05) is 180 Å². The first kappa shape index (κ1) is 60.9. The SMILES string of the molecule is C#C.C/C=C/C=C(C)\C(C)=C/C/C=C\C(C)=C\C.C=C1/C=C\CC\C(C)=C/C=C(/C(=C\CC)CC)N1.CC.CC1=CC1(C)C/C=C/N.C\C=C(C)/C(C)=C\C=C\CCC. The number of allylic oxidation sites excluding steroid dienone is 26. The van der Waals surface area contributed by atoms with E-state index in [9.17, 15) is 0 Å². The van der Waals surface area contributed by atoms with Gasteiger partial charge in [-0.3, -0.25) is 0 Å². The molecule has 2 rings (SSSR count). The number of terminal acetylenes is 1. The molecule has 0 bridgehead atoms. The van der Waals surface area contributed by atoms with Crippen LogP contribution in [0.5, 0.6) is 0 Å². The van der Waals surface area contributed by atoms with Crippen LogP contribution in [0.25, 0.3) is 0 Å². The van der Waals surface area contributed by atoms with Gasteiger partial charge >= 0.3 is 0 Å². The van der Waals surface area contributed by atoms with Crippen molar-refractivity contribution in [3.63, 3.8) is 0 Å². The van der Waals surface area contributed by atoms with Crippen LogP contribution in [0.4, 0.5) is 0 Å². The van der Waals surface area contributed by atoms with E-state index in [1.807, 2.05) is 32.9 Å². The van der Waals surface area contributed by atoms with Crippen LogP contribution < -0.4 is 11.1 Å². The van der Waals surface area contributed by atoms with Gasteiger partial charge in [0.2, 0.25) is 0 Å². The van der Waals surface area contributed by atoms with Gasteiger partial charge in [0.05, 0.1) is 0 Å². The summed E-state index contributed by atoms with van der Waals surface area (Å²) < 4.78 is 0. The van der Waals surface area contributed by atoms with E-state index < -0.39 is 0 Å². The lowest BCUT2D eigenvalue weighted by Gasteiger charge is -2.14. The second-order valence-electron chi connectivity index (χ2n) is 14.5. The Balaban J connectivity index is -0.000000340. The van der Waals surface area contributed by atoms with E-state index >= 15 is 0 Å². The fraction of sp³-hybridized carbons (Fsp3) is 0.439. The monoisotopic (exact) mass is 803 g/mol. The Labute approximate surface area is 368 Å². The lowest BCUT2D eigenvalue weighted by molar-refractivity contribution is 0.627. The summed E-state index contributed by atoms with van der Waals surface area (Å²) in [4.78, 5) is 0. The maximum atomic E-state index is 5.21. The number of unbranched alkanes of at least 4 members (excludes halogenated alkanes) is 1. The van der Waals surface area contributed by atoms with Crippen molar-refractivity contribution in [2.45, 2.75) is 162 Å². The zero-order chi connectivity index (χ0) is 46.1. The lowest BCUT2D eigenvalue weighted by atomic mass is 10.00. The molecule has 3 N–H and O–H groups in total. The highest BCUT2D eigenvalue weighted by atomic mass is 14.9. The fourth-order valence-corrected chi connectivity index (χ4v) is 4.92. The predicted octanol–water partition coefficient (Wildman–Crippen LogP) is 17.7. The fourth-order valence-electron chi connectivity index (χ4n) is 4.92. The molecule has 1 atom stereocenters. The molecule has 2 nitrogen and oxygen atoms in total. The minimum atomic E-state index is 0.385. The van der Waals surface area contributed by atoms with E-state index in [0.717, 1.165) is 44.2 Å². The first-order valence-corrected chi connectivity index (χ1v) is 22.0. The van der Waals surface area contributed by atoms with Crippen molar-refractivity contribution in [3.05, 3.63) is 178 Å². The van der Waals surface area contributed by atoms with Crippen LogP contribution in [0.3, 0.4) is 0 Å². The van der Waals surface area contributed by atoms with Gasteiger partial charge in [-0.2, -0.15) is 0 Å². The molecule has 1 heterocycles. The van der Waals surface area contributed by atoms with Crippen molar-refractivity contribution in [3.8, 4) is 12.8 Å². The standard InChI is InChI=1S/C17H25N.C16H24.C12H20.C8H13N.C2H6.C2H2/c1-5-9-16(6-2)17-13-12-14(3)10-7-8-11-15(4)18-17;1-6-8-12-15(4)16(5)13-10-9-11-14(3)7-2;1-5-7-8-9-10-12(4)11(3)6-2;1-7-6-8(7,2)4-3-5-9;2*1-2/h8-9,11-13,18H,4-7,10H2,1-3H3;6-9,11-13H,10H2,1-5H3;6,8-10H,5,7H2,1-4H3;3,5-6H,4,9H2,1-2H3;1-2H3;1-2H/b11-8-,14-12-,16-9-,17-13-;8-6+,11-9-,14-7+,15-12-,16-13-;9-8+,11-6-,12-10-;5-3+;;. The molecule has 328 valence electrons. The topological polar surface area (TPSA) is 38.0 Å². The lowest BCUT2D eigenvalue weighted by Crippen LogP contribution is -2.12. The van der Waals surface area contributed by atoms with Gasteiger partial charge in [0.1, 0.15) is 0 Å². The summed E-state index contributed by atoms with van der Waals surface area (Å²) in [6.07, 6.45) is 57.3. The Bertz CT molecular complexity index is 1600. The maximum Gasteiger partial charge on any atom is 0.0413 e. The van der Waals surface area contributed by atoms with Crippen molar-refractivity contribution >= 4 is 0 Å². The molecule has 0 saturated heterocycles. The Morgan fingerprint density at radius 1 is 0.847 bits per heavy atom. The summed E-state index contributed by atoms with van der Waals surface area (Å²) in [7, 11) is 0. The molecule has 0 aromatic rings. The molecule has 1 aliphatic heterocycles. The third kappa shape index (κ3) is 35.0. The van der Waals surface area contributed by atoms with Crippen LogP contribution in [0, 0.1) is 18.3 Å².